The molecule has 2 N–H and O–H groups in total. The zero-order chi connectivity index (χ0) is 19.1. The predicted molar refractivity (Wildman–Crippen MR) is 110 cm³/mol. The number of methoxy groups -OCH3 is 1. The molecule has 4 aromatic rings. The lowest BCUT2D eigenvalue weighted by Crippen LogP contribution is -2.28. The van der Waals surface area contributed by atoms with Gasteiger partial charge < -0.3 is 15.2 Å². The zero-order valence-corrected chi connectivity index (χ0v) is 16.3. The summed E-state index contributed by atoms with van der Waals surface area (Å²) >= 11 is 1.65. The van der Waals surface area contributed by atoms with Crippen molar-refractivity contribution < 1.29 is 9.84 Å². The Kier molecular flexibility index (Phi) is 4.37. The van der Waals surface area contributed by atoms with Crippen LogP contribution in [0.3, 0.4) is 0 Å². The summed E-state index contributed by atoms with van der Waals surface area (Å²) in [4.78, 5) is 9.81. The minimum atomic E-state index is -0.159. The lowest BCUT2D eigenvalue weighted by molar-refractivity contribution is 0.126. The van der Waals surface area contributed by atoms with Crippen molar-refractivity contribution in [1.29, 1.82) is 0 Å². The van der Waals surface area contributed by atoms with Crippen LogP contribution in [0.25, 0.3) is 26.3 Å². The smallest absolute Gasteiger partial charge is 0.154 e. The van der Waals surface area contributed by atoms with Crippen LogP contribution in [0.15, 0.2) is 36.8 Å². The molecule has 4 aromatic heterocycles. The van der Waals surface area contributed by atoms with Gasteiger partial charge in [-0.1, -0.05) is 0 Å². The third-order valence-electron chi connectivity index (χ3n) is 5.27. The molecule has 1 aliphatic carbocycles. The summed E-state index contributed by atoms with van der Waals surface area (Å²) < 4.78 is 8.39. The second kappa shape index (κ2) is 7.03. The monoisotopic (exact) mass is 395 g/mol. The molecule has 1 saturated carbocycles. The van der Waals surface area contributed by atoms with E-state index in [1.54, 1.807) is 24.6 Å². The number of nitrogens with zero attached hydrogens (tertiary/aromatic N) is 4. The molecular formula is C20H21N5O2S. The molecule has 7 nitrogen and oxygen atoms in total. The topological polar surface area (TPSA) is 84.6 Å². The van der Waals surface area contributed by atoms with Crippen LogP contribution >= 0.6 is 11.3 Å². The predicted octanol–water partition coefficient (Wildman–Crippen LogP) is 3.73. The maximum atomic E-state index is 9.70. The average molecular weight is 395 g/mol. The van der Waals surface area contributed by atoms with Crippen LogP contribution in [0.1, 0.15) is 25.7 Å². The Labute approximate surface area is 166 Å². The van der Waals surface area contributed by atoms with Gasteiger partial charge in [0.15, 0.2) is 11.4 Å². The summed E-state index contributed by atoms with van der Waals surface area (Å²) in [5.41, 5.74) is 1.75. The highest BCUT2D eigenvalue weighted by atomic mass is 32.1. The van der Waals surface area contributed by atoms with E-state index in [1.807, 2.05) is 29.0 Å². The number of pyridine rings is 1. The quantitative estimate of drug-likeness (QED) is 0.548. The minimum Gasteiger partial charge on any atom is -0.494 e. The van der Waals surface area contributed by atoms with Gasteiger partial charge >= 0.3 is 0 Å². The van der Waals surface area contributed by atoms with Crippen molar-refractivity contribution in [3.63, 3.8) is 0 Å². The number of ether oxygens (including phenoxy) is 1. The van der Waals surface area contributed by atoms with Gasteiger partial charge in [0.1, 0.15) is 11.5 Å². The molecule has 28 heavy (non-hydrogen) atoms. The molecule has 144 valence electrons. The fourth-order valence-corrected chi connectivity index (χ4v) is 4.87. The Balaban J connectivity index is 1.50. The number of hydrogen-bond donors (Lipinski definition) is 2. The van der Waals surface area contributed by atoms with Crippen LogP contribution in [0.4, 0.5) is 5.82 Å². The van der Waals surface area contributed by atoms with Gasteiger partial charge in [0.2, 0.25) is 0 Å². The number of imidazole rings is 1. The lowest BCUT2D eigenvalue weighted by Gasteiger charge is -2.26. The van der Waals surface area contributed by atoms with Gasteiger partial charge in [-0.05, 0) is 43.9 Å². The van der Waals surface area contributed by atoms with Gasteiger partial charge in [-0.15, -0.1) is 16.4 Å². The van der Waals surface area contributed by atoms with Gasteiger partial charge in [0.05, 0.1) is 35.2 Å². The van der Waals surface area contributed by atoms with Crippen molar-refractivity contribution in [3.05, 3.63) is 36.8 Å². The zero-order valence-electron chi connectivity index (χ0n) is 15.5. The lowest BCUT2D eigenvalue weighted by atomic mass is 9.93. The molecule has 0 saturated heterocycles. The van der Waals surface area contributed by atoms with E-state index >= 15 is 0 Å². The molecular weight excluding hydrogens is 374 g/mol. The van der Waals surface area contributed by atoms with Crippen LogP contribution in [-0.2, 0) is 0 Å². The number of aliphatic hydroxyl groups excluding tert-OH is 1. The average Bonchev–Trinajstić information content (AvgIpc) is 3.33. The molecule has 0 atom stereocenters. The van der Waals surface area contributed by atoms with E-state index in [0.717, 1.165) is 63.6 Å². The molecule has 0 aliphatic heterocycles. The van der Waals surface area contributed by atoms with E-state index in [2.05, 4.69) is 21.4 Å². The number of aromatic nitrogens is 4. The normalized spacial score (nSPS) is 19.9. The first kappa shape index (κ1) is 17.4. The largest absolute Gasteiger partial charge is 0.494 e. The standard InChI is InChI=1S/C20H21N5O2S/c1-27-16-11-21-9-12-8-17(28-20(12)16)15-10-22-19-7-6-18(24-25(15)19)23-13-2-4-14(26)5-3-13/h6-11,13-14,26H,2-5H2,1H3,(H,23,24). The highest BCUT2D eigenvalue weighted by Crippen LogP contribution is 2.38. The molecule has 0 bridgehead atoms. The van der Waals surface area contributed by atoms with Crippen molar-refractivity contribution in [2.24, 2.45) is 0 Å². The van der Waals surface area contributed by atoms with Crippen molar-refractivity contribution >= 4 is 32.9 Å². The van der Waals surface area contributed by atoms with Crippen LogP contribution in [-0.4, -0.2) is 43.9 Å². The molecule has 1 aliphatic rings. The van der Waals surface area contributed by atoms with E-state index in [1.165, 1.54) is 0 Å². The first-order chi connectivity index (χ1) is 13.7. The second-order valence-electron chi connectivity index (χ2n) is 7.15. The molecule has 0 spiro atoms. The van der Waals surface area contributed by atoms with E-state index in [0.29, 0.717) is 6.04 Å². The Morgan fingerprint density at radius 3 is 2.86 bits per heavy atom. The second-order valence-corrected chi connectivity index (χ2v) is 8.20. The van der Waals surface area contributed by atoms with Crippen LogP contribution in [0.2, 0.25) is 0 Å². The van der Waals surface area contributed by atoms with Gasteiger partial charge in [0, 0.05) is 17.6 Å². The summed E-state index contributed by atoms with van der Waals surface area (Å²) in [6, 6.07) is 6.39. The summed E-state index contributed by atoms with van der Waals surface area (Å²) in [6.45, 7) is 0. The van der Waals surface area contributed by atoms with Crippen molar-refractivity contribution in [3.8, 4) is 16.3 Å². The maximum absolute atomic E-state index is 9.70. The summed E-state index contributed by atoms with van der Waals surface area (Å²) in [6.07, 6.45) is 8.88. The van der Waals surface area contributed by atoms with E-state index in [4.69, 9.17) is 9.84 Å². The first-order valence-electron chi connectivity index (χ1n) is 9.42. The Morgan fingerprint density at radius 1 is 1.18 bits per heavy atom. The molecule has 0 aromatic carbocycles. The number of rotatable bonds is 4. The first-order valence-corrected chi connectivity index (χ1v) is 10.2. The third kappa shape index (κ3) is 3.08. The number of aliphatic hydroxyl groups is 1. The molecule has 1 fully saturated rings. The molecule has 0 unspecified atom stereocenters. The fourth-order valence-electron chi connectivity index (χ4n) is 3.76. The maximum Gasteiger partial charge on any atom is 0.154 e. The van der Waals surface area contributed by atoms with E-state index in [-0.39, 0.29) is 6.10 Å². The molecule has 8 heteroatoms. The number of fused-ring (bicyclic) bond motifs is 2. The highest BCUT2D eigenvalue weighted by Gasteiger charge is 2.20. The summed E-state index contributed by atoms with van der Waals surface area (Å²) in [5.74, 6) is 1.60. The van der Waals surface area contributed by atoms with E-state index < -0.39 is 0 Å². The van der Waals surface area contributed by atoms with Gasteiger partial charge in [-0.3, -0.25) is 4.98 Å². The molecule has 0 radical (unpaired) electrons. The number of hydrogen-bond acceptors (Lipinski definition) is 7. The van der Waals surface area contributed by atoms with Gasteiger partial charge in [-0.25, -0.2) is 9.50 Å². The molecule has 5 rings (SSSR count). The molecule has 4 heterocycles. The number of thiophene rings is 1. The summed E-state index contributed by atoms with van der Waals surface area (Å²) in [5, 5.41) is 19.0. The van der Waals surface area contributed by atoms with Crippen LogP contribution < -0.4 is 10.1 Å². The van der Waals surface area contributed by atoms with Crippen molar-refractivity contribution in [1.82, 2.24) is 19.6 Å². The highest BCUT2D eigenvalue weighted by molar-refractivity contribution is 7.22. The SMILES string of the molecule is COc1cncc2cc(-c3cnc4ccc(NC5CCC(O)CC5)nn34)sc12. The Hall–Kier alpha value is -2.71. The molecule has 0 amide bonds. The number of nitrogens with one attached hydrogen (secondary N) is 1. The summed E-state index contributed by atoms with van der Waals surface area (Å²) in [7, 11) is 1.66. The van der Waals surface area contributed by atoms with Crippen molar-refractivity contribution in [2.45, 2.75) is 37.8 Å². The fraction of sp³-hybridized carbons (Fsp3) is 0.350. The Bertz CT molecular complexity index is 1130. The Morgan fingerprint density at radius 2 is 2.04 bits per heavy atom. The van der Waals surface area contributed by atoms with Crippen molar-refractivity contribution in [2.75, 3.05) is 12.4 Å². The van der Waals surface area contributed by atoms with Gasteiger partial charge in [0.25, 0.3) is 0 Å². The number of anilines is 1. The van der Waals surface area contributed by atoms with Gasteiger partial charge in [-0.2, -0.15) is 0 Å². The van der Waals surface area contributed by atoms with Crippen LogP contribution in [0.5, 0.6) is 5.75 Å². The van der Waals surface area contributed by atoms with Crippen LogP contribution in [0, 0.1) is 0 Å². The minimum absolute atomic E-state index is 0.159. The van der Waals surface area contributed by atoms with E-state index in [9.17, 15) is 5.11 Å². The third-order valence-corrected chi connectivity index (χ3v) is 6.46.